The van der Waals surface area contributed by atoms with Crippen molar-refractivity contribution in [1.82, 2.24) is 24.4 Å². The van der Waals surface area contributed by atoms with Gasteiger partial charge < -0.3 is 14.5 Å². The predicted molar refractivity (Wildman–Crippen MR) is 89.3 cm³/mol. The molecule has 132 valence electrons. The summed E-state index contributed by atoms with van der Waals surface area (Å²) in [7, 11) is 0. The van der Waals surface area contributed by atoms with E-state index in [1.807, 2.05) is 26.5 Å². The Morgan fingerprint density at radius 2 is 1.92 bits per heavy atom. The highest BCUT2D eigenvalue weighted by atomic mass is 16.5. The zero-order chi connectivity index (χ0) is 17.4. The van der Waals surface area contributed by atoms with Crippen molar-refractivity contribution in [1.29, 1.82) is 0 Å². The van der Waals surface area contributed by atoms with Gasteiger partial charge in [-0.1, -0.05) is 0 Å². The maximum atomic E-state index is 12.7. The van der Waals surface area contributed by atoms with E-state index < -0.39 is 0 Å². The Bertz CT molecular complexity index is 812. The van der Waals surface area contributed by atoms with E-state index in [1.165, 1.54) is 0 Å². The number of hydrogen-bond acceptors (Lipinski definition) is 5. The van der Waals surface area contributed by atoms with Crippen LogP contribution in [0.5, 0.6) is 0 Å². The van der Waals surface area contributed by atoms with E-state index in [-0.39, 0.29) is 17.7 Å². The first kappa shape index (κ1) is 16.0. The minimum atomic E-state index is 0.00151. The molecule has 2 aromatic rings. The quantitative estimate of drug-likeness (QED) is 0.795. The lowest BCUT2D eigenvalue weighted by atomic mass is 10.1. The Labute approximate surface area is 145 Å². The van der Waals surface area contributed by atoms with E-state index in [1.54, 1.807) is 13.0 Å². The summed E-state index contributed by atoms with van der Waals surface area (Å²) in [6.45, 7) is 5.36. The number of morpholine rings is 1. The molecule has 2 amide bonds. The van der Waals surface area contributed by atoms with E-state index in [0.717, 1.165) is 24.4 Å². The number of carbonyl (C=O) groups is 2. The van der Waals surface area contributed by atoms with Crippen molar-refractivity contribution in [2.75, 3.05) is 39.4 Å². The number of carbonyl (C=O) groups excluding carboxylic acids is 2. The number of likely N-dealkylation sites (tertiary alicyclic amines) is 1. The van der Waals surface area contributed by atoms with Gasteiger partial charge in [0.25, 0.3) is 5.91 Å². The number of fused-ring (bicyclic) bond motifs is 1. The summed E-state index contributed by atoms with van der Waals surface area (Å²) in [5, 5.41) is 8.52. The first-order valence-corrected chi connectivity index (χ1v) is 8.60. The standard InChI is InChI=1S/C17H21N5O3/c1-12(23)21-5-4-13(10-21)16-19-18-15-3-2-14(11-22(15)16)17(24)20-6-8-25-9-7-20/h2-3,11,13H,4-10H2,1H3. The van der Waals surface area contributed by atoms with Gasteiger partial charge in [-0.05, 0) is 18.6 Å². The summed E-state index contributed by atoms with van der Waals surface area (Å²) >= 11 is 0. The van der Waals surface area contributed by atoms with Gasteiger partial charge in [0.2, 0.25) is 5.91 Å². The van der Waals surface area contributed by atoms with Crippen LogP contribution >= 0.6 is 0 Å². The molecule has 0 N–H and O–H groups in total. The van der Waals surface area contributed by atoms with Crippen molar-refractivity contribution >= 4 is 17.5 Å². The number of amides is 2. The van der Waals surface area contributed by atoms with Crippen molar-refractivity contribution in [3.63, 3.8) is 0 Å². The van der Waals surface area contributed by atoms with Crippen molar-refractivity contribution < 1.29 is 14.3 Å². The number of rotatable bonds is 2. The molecule has 0 bridgehead atoms. The van der Waals surface area contributed by atoms with E-state index >= 15 is 0 Å². The van der Waals surface area contributed by atoms with E-state index in [9.17, 15) is 9.59 Å². The topological polar surface area (TPSA) is 80.0 Å². The third-order valence-electron chi connectivity index (χ3n) is 4.97. The molecule has 8 nitrogen and oxygen atoms in total. The van der Waals surface area contributed by atoms with Crippen LogP contribution in [0.1, 0.15) is 35.4 Å². The summed E-state index contributed by atoms with van der Waals surface area (Å²) in [5.41, 5.74) is 1.34. The molecule has 25 heavy (non-hydrogen) atoms. The number of ether oxygens (including phenoxy) is 1. The van der Waals surface area contributed by atoms with Gasteiger partial charge in [-0.25, -0.2) is 0 Å². The number of pyridine rings is 1. The molecule has 2 aliphatic rings. The molecular weight excluding hydrogens is 322 g/mol. The van der Waals surface area contributed by atoms with Gasteiger partial charge in [0.05, 0.1) is 18.8 Å². The normalized spacial score (nSPS) is 21.1. The molecule has 1 atom stereocenters. The molecule has 2 saturated heterocycles. The Hall–Kier alpha value is -2.48. The number of hydrogen-bond donors (Lipinski definition) is 0. The van der Waals surface area contributed by atoms with Crippen molar-refractivity contribution in [2.45, 2.75) is 19.3 Å². The van der Waals surface area contributed by atoms with Gasteiger partial charge in [-0.15, -0.1) is 10.2 Å². The lowest BCUT2D eigenvalue weighted by Gasteiger charge is -2.26. The van der Waals surface area contributed by atoms with Gasteiger partial charge >= 0.3 is 0 Å². The van der Waals surface area contributed by atoms with Gasteiger partial charge in [-0.3, -0.25) is 14.0 Å². The Morgan fingerprint density at radius 1 is 1.12 bits per heavy atom. The molecule has 2 aromatic heterocycles. The minimum Gasteiger partial charge on any atom is -0.378 e. The average Bonchev–Trinajstić information content (AvgIpc) is 3.28. The summed E-state index contributed by atoms with van der Waals surface area (Å²) in [4.78, 5) is 27.9. The predicted octanol–water partition coefficient (Wildman–Crippen LogP) is 0.537. The van der Waals surface area contributed by atoms with Crippen LogP contribution in [0.2, 0.25) is 0 Å². The van der Waals surface area contributed by atoms with Crippen LogP contribution in [0.25, 0.3) is 5.65 Å². The number of aromatic nitrogens is 3. The first-order valence-electron chi connectivity index (χ1n) is 8.60. The van der Waals surface area contributed by atoms with Crippen LogP contribution in [0.3, 0.4) is 0 Å². The molecule has 1 unspecified atom stereocenters. The van der Waals surface area contributed by atoms with E-state index in [2.05, 4.69) is 10.2 Å². The van der Waals surface area contributed by atoms with Crippen LogP contribution in [0, 0.1) is 0 Å². The Morgan fingerprint density at radius 3 is 2.64 bits per heavy atom. The number of nitrogens with zero attached hydrogens (tertiary/aromatic N) is 5. The average molecular weight is 343 g/mol. The van der Waals surface area contributed by atoms with Crippen LogP contribution in [0.15, 0.2) is 18.3 Å². The molecule has 2 fully saturated rings. The molecular formula is C17H21N5O3. The van der Waals surface area contributed by atoms with Crippen LogP contribution in [0.4, 0.5) is 0 Å². The van der Waals surface area contributed by atoms with Crippen molar-refractivity contribution in [3.05, 3.63) is 29.7 Å². The van der Waals surface area contributed by atoms with Gasteiger partial charge in [-0.2, -0.15) is 0 Å². The van der Waals surface area contributed by atoms with Crippen molar-refractivity contribution in [3.8, 4) is 0 Å². The first-order chi connectivity index (χ1) is 12.1. The maximum Gasteiger partial charge on any atom is 0.255 e. The summed E-state index contributed by atoms with van der Waals surface area (Å²) in [6.07, 6.45) is 2.68. The summed E-state index contributed by atoms with van der Waals surface area (Å²) < 4.78 is 7.20. The molecule has 8 heteroatoms. The highest BCUT2D eigenvalue weighted by molar-refractivity contribution is 5.94. The van der Waals surface area contributed by atoms with Gasteiger partial charge in [0.1, 0.15) is 5.82 Å². The fraction of sp³-hybridized carbons (Fsp3) is 0.529. The lowest BCUT2D eigenvalue weighted by Crippen LogP contribution is -2.40. The zero-order valence-electron chi connectivity index (χ0n) is 14.2. The van der Waals surface area contributed by atoms with Crippen LogP contribution < -0.4 is 0 Å². The summed E-state index contributed by atoms with van der Waals surface area (Å²) in [5.74, 6) is 1.05. The molecule has 0 aromatic carbocycles. The fourth-order valence-corrected chi connectivity index (χ4v) is 3.52. The molecule has 0 radical (unpaired) electrons. The van der Waals surface area contributed by atoms with Crippen molar-refractivity contribution in [2.24, 2.45) is 0 Å². The lowest BCUT2D eigenvalue weighted by molar-refractivity contribution is -0.127. The third kappa shape index (κ3) is 2.97. The Kier molecular flexibility index (Phi) is 4.12. The maximum absolute atomic E-state index is 12.7. The SMILES string of the molecule is CC(=O)N1CCC(c2nnc3ccc(C(=O)N4CCOCC4)cn23)C1. The van der Waals surface area contributed by atoms with Gasteiger partial charge in [0, 0.05) is 45.2 Å². The van der Waals surface area contributed by atoms with Gasteiger partial charge in [0.15, 0.2) is 5.65 Å². The highest BCUT2D eigenvalue weighted by Gasteiger charge is 2.29. The molecule has 4 rings (SSSR count). The molecule has 0 saturated carbocycles. The second kappa shape index (κ2) is 6.44. The molecule has 0 spiro atoms. The Balaban J connectivity index is 1.62. The fourth-order valence-electron chi connectivity index (χ4n) is 3.52. The van der Waals surface area contributed by atoms with Crippen LogP contribution in [-0.2, 0) is 9.53 Å². The monoisotopic (exact) mass is 343 g/mol. The summed E-state index contributed by atoms with van der Waals surface area (Å²) in [6, 6.07) is 3.62. The largest absolute Gasteiger partial charge is 0.378 e. The molecule has 4 heterocycles. The second-order valence-electron chi connectivity index (χ2n) is 6.56. The smallest absolute Gasteiger partial charge is 0.255 e. The second-order valence-corrected chi connectivity index (χ2v) is 6.56. The van der Waals surface area contributed by atoms with E-state index in [4.69, 9.17) is 4.74 Å². The van der Waals surface area contributed by atoms with Crippen LogP contribution in [-0.4, -0.2) is 75.6 Å². The molecule has 2 aliphatic heterocycles. The highest BCUT2D eigenvalue weighted by Crippen LogP contribution is 2.26. The minimum absolute atomic E-state index is 0.00151. The molecule has 0 aliphatic carbocycles. The third-order valence-corrected chi connectivity index (χ3v) is 4.97. The van der Waals surface area contributed by atoms with E-state index in [0.29, 0.717) is 38.4 Å². The zero-order valence-corrected chi connectivity index (χ0v) is 14.2.